The average molecular weight is 348 g/mol. The first kappa shape index (κ1) is 18.9. The van der Waals surface area contributed by atoms with Gasteiger partial charge in [0.15, 0.2) is 9.84 Å². The second kappa shape index (κ2) is 9.12. The van der Waals surface area contributed by atoms with Crippen molar-refractivity contribution in [2.75, 3.05) is 18.9 Å². The second-order valence-corrected chi connectivity index (χ2v) is 7.79. The van der Waals surface area contributed by atoms with Gasteiger partial charge in [0.25, 0.3) is 0 Å². The lowest BCUT2D eigenvalue weighted by atomic mass is 10.2. The maximum absolute atomic E-state index is 12.0. The normalized spacial score (nSPS) is 11.6. The van der Waals surface area contributed by atoms with Gasteiger partial charge in [-0.1, -0.05) is 23.7 Å². The van der Waals surface area contributed by atoms with Crippen LogP contribution in [0.25, 0.3) is 0 Å². The third kappa shape index (κ3) is 8.36. The zero-order chi connectivity index (χ0) is 16.6. The SMILES string of the molecule is CC(C)OCCCNC(=O)CS(=O)(=O)Cc1cccc(Cl)c1. The Morgan fingerprint density at radius 3 is 2.73 bits per heavy atom. The minimum Gasteiger partial charge on any atom is -0.379 e. The maximum Gasteiger partial charge on any atom is 0.235 e. The summed E-state index contributed by atoms with van der Waals surface area (Å²) >= 11 is 5.81. The van der Waals surface area contributed by atoms with Gasteiger partial charge >= 0.3 is 0 Å². The Balaban J connectivity index is 2.36. The predicted octanol–water partition coefficient (Wildman–Crippen LogP) is 2.19. The molecule has 7 heteroatoms. The molecule has 1 rings (SSSR count). The minimum atomic E-state index is -3.51. The molecule has 0 aliphatic carbocycles. The number of halogens is 1. The molecule has 1 aromatic rings. The zero-order valence-corrected chi connectivity index (χ0v) is 14.4. The van der Waals surface area contributed by atoms with Crippen molar-refractivity contribution in [1.29, 1.82) is 0 Å². The van der Waals surface area contributed by atoms with Crippen molar-refractivity contribution in [3.8, 4) is 0 Å². The minimum absolute atomic E-state index is 0.147. The molecule has 0 unspecified atom stereocenters. The first-order valence-corrected chi connectivity index (χ1v) is 9.31. The van der Waals surface area contributed by atoms with Gasteiger partial charge in [0.2, 0.25) is 5.91 Å². The van der Waals surface area contributed by atoms with Gasteiger partial charge < -0.3 is 10.1 Å². The number of ether oxygens (including phenoxy) is 1. The summed E-state index contributed by atoms with van der Waals surface area (Å²) in [6.07, 6.45) is 0.798. The van der Waals surface area contributed by atoms with Crippen LogP contribution in [0.2, 0.25) is 5.02 Å². The van der Waals surface area contributed by atoms with E-state index >= 15 is 0 Å². The summed E-state index contributed by atoms with van der Waals surface area (Å²) in [4.78, 5) is 11.7. The first-order valence-electron chi connectivity index (χ1n) is 7.11. The Bertz CT molecular complexity index is 587. The molecule has 1 N–H and O–H groups in total. The molecule has 0 bridgehead atoms. The molecule has 22 heavy (non-hydrogen) atoms. The summed E-state index contributed by atoms with van der Waals surface area (Å²) in [6.45, 7) is 4.80. The number of sulfone groups is 1. The van der Waals surface area contributed by atoms with E-state index in [4.69, 9.17) is 16.3 Å². The van der Waals surface area contributed by atoms with Gasteiger partial charge in [-0.25, -0.2) is 8.42 Å². The van der Waals surface area contributed by atoms with Crippen LogP contribution in [0.3, 0.4) is 0 Å². The largest absolute Gasteiger partial charge is 0.379 e. The van der Waals surface area contributed by atoms with Gasteiger partial charge in [0, 0.05) is 18.2 Å². The molecule has 0 saturated carbocycles. The monoisotopic (exact) mass is 347 g/mol. The van der Waals surface area contributed by atoms with Crippen LogP contribution in [0.15, 0.2) is 24.3 Å². The highest BCUT2D eigenvalue weighted by Gasteiger charge is 2.17. The van der Waals surface area contributed by atoms with Crippen molar-refractivity contribution in [1.82, 2.24) is 5.32 Å². The van der Waals surface area contributed by atoms with E-state index in [0.29, 0.717) is 30.2 Å². The number of carbonyl (C=O) groups excluding carboxylic acids is 1. The Morgan fingerprint density at radius 2 is 2.09 bits per heavy atom. The highest BCUT2D eigenvalue weighted by molar-refractivity contribution is 7.91. The van der Waals surface area contributed by atoms with Crippen molar-refractivity contribution in [3.05, 3.63) is 34.9 Å². The van der Waals surface area contributed by atoms with E-state index in [-0.39, 0.29) is 11.9 Å². The highest BCUT2D eigenvalue weighted by atomic mass is 35.5. The predicted molar refractivity (Wildman–Crippen MR) is 87.7 cm³/mol. The number of rotatable bonds is 9. The van der Waals surface area contributed by atoms with Crippen LogP contribution >= 0.6 is 11.6 Å². The molecule has 124 valence electrons. The van der Waals surface area contributed by atoms with E-state index in [9.17, 15) is 13.2 Å². The molecule has 0 spiro atoms. The van der Waals surface area contributed by atoms with Crippen LogP contribution in [-0.4, -0.2) is 39.3 Å². The fourth-order valence-electron chi connectivity index (χ4n) is 1.80. The molecule has 0 radical (unpaired) electrons. The molecular formula is C15H22ClNO4S. The van der Waals surface area contributed by atoms with Crippen LogP contribution in [0.4, 0.5) is 0 Å². The van der Waals surface area contributed by atoms with Crippen LogP contribution in [0, 0.1) is 0 Å². The Kier molecular flexibility index (Phi) is 7.85. The summed E-state index contributed by atoms with van der Waals surface area (Å²) in [5.41, 5.74) is 0.575. The summed E-state index contributed by atoms with van der Waals surface area (Å²) in [5, 5.41) is 3.06. The van der Waals surface area contributed by atoms with Crippen LogP contribution in [0.1, 0.15) is 25.8 Å². The lowest BCUT2D eigenvalue weighted by Crippen LogP contribution is -2.32. The van der Waals surface area contributed by atoms with Gasteiger partial charge in [-0.15, -0.1) is 0 Å². The summed E-state index contributed by atoms with van der Waals surface area (Å²) in [5.74, 6) is -1.21. The van der Waals surface area contributed by atoms with E-state index in [2.05, 4.69) is 5.32 Å². The maximum atomic E-state index is 12.0. The van der Waals surface area contributed by atoms with Crippen molar-refractivity contribution in [3.63, 3.8) is 0 Å². The van der Waals surface area contributed by atoms with Gasteiger partial charge in [0.1, 0.15) is 5.75 Å². The first-order chi connectivity index (χ1) is 10.3. The smallest absolute Gasteiger partial charge is 0.235 e. The Labute approximate surface area is 136 Å². The summed E-state index contributed by atoms with van der Waals surface area (Å²) < 4.78 is 29.3. The molecule has 0 aromatic heterocycles. The molecule has 0 saturated heterocycles. The summed E-state index contributed by atoms with van der Waals surface area (Å²) in [6, 6.07) is 6.61. The van der Waals surface area contributed by atoms with E-state index < -0.39 is 21.5 Å². The van der Waals surface area contributed by atoms with E-state index in [1.54, 1.807) is 24.3 Å². The van der Waals surface area contributed by atoms with Crippen LogP contribution in [-0.2, 0) is 25.1 Å². The number of nitrogens with one attached hydrogen (secondary N) is 1. The quantitative estimate of drug-likeness (QED) is 0.695. The number of benzene rings is 1. The van der Waals surface area contributed by atoms with Crippen LogP contribution < -0.4 is 5.32 Å². The summed E-state index contributed by atoms with van der Waals surface area (Å²) in [7, 11) is -3.51. The van der Waals surface area contributed by atoms with Crippen molar-refractivity contribution < 1.29 is 17.9 Å². The highest BCUT2D eigenvalue weighted by Crippen LogP contribution is 2.13. The fourth-order valence-corrected chi connectivity index (χ4v) is 3.31. The molecule has 0 aliphatic rings. The Hall–Kier alpha value is -1.11. The fraction of sp³-hybridized carbons (Fsp3) is 0.533. The third-order valence-electron chi connectivity index (χ3n) is 2.72. The van der Waals surface area contributed by atoms with Crippen molar-refractivity contribution in [2.24, 2.45) is 0 Å². The lowest BCUT2D eigenvalue weighted by Gasteiger charge is -2.09. The zero-order valence-electron chi connectivity index (χ0n) is 12.8. The number of hydrogen-bond acceptors (Lipinski definition) is 4. The molecular weight excluding hydrogens is 326 g/mol. The van der Waals surface area contributed by atoms with E-state index in [1.807, 2.05) is 13.8 Å². The molecule has 1 amide bonds. The standard InChI is InChI=1S/C15H22ClNO4S/c1-12(2)21-8-4-7-17-15(18)11-22(19,20)10-13-5-3-6-14(16)9-13/h3,5-6,9,12H,4,7-8,10-11H2,1-2H3,(H,17,18). The topological polar surface area (TPSA) is 72.5 Å². The van der Waals surface area contributed by atoms with E-state index in [0.717, 1.165) is 0 Å². The third-order valence-corrected chi connectivity index (χ3v) is 4.43. The van der Waals surface area contributed by atoms with E-state index in [1.165, 1.54) is 0 Å². The molecule has 0 aliphatic heterocycles. The number of amides is 1. The van der Waals surface area contributed by atoms with Gasteiger partial charge in [0.05, 0.1) is 11.9 Å². The lowest BCUT2D eigenvalue weighted by molar-refractivity contribution is -0.118. The Morgan fingerprint density at radius 1 is 1.36 bits per heavy atom. The average Bonchev–Trinajstić information content (AvgIpc) is 2.36. The number of carbonyl (C=O) groups is 1. The van der Waals surface area contributed by atoms with Gasteiger partial charge in [-0.3, -0.25) is 4.79 Å². The number of hydrogen-bond donors (Lipinski definition) is 1. The van der Waals surface area contributed by atoms with Crippen LogP contribution in [0.5, 0.6) is 0 Å². The molecule has 0 atom stereocenters. The van der Waals surface area contributed by atoms with Crippen molar-refractivity contribution >= 4 is 27.3 Å². The molecule has 0 heterocycles. The molecule has 1 aromatic carbocycles. The molecule has 5 nitrogen and oxygen atoms in total. The van der Waals surface area contributed by atoms with Gasteiger partial charge in [-0.2, -0.15) is 0 Å². The van der Waals surface area contributed by atoms with Crippen molar-refractivity contribution in [2.45, 2.75) is 32.1 Å². The molecule has 0 fully saturated rings. The second-order valence-electron chi connectivity index (χ2n) is 5.29. The van der Waals surface area contributed by atoms with Gasteiger partial charge in [-0.05, 0) is 38.0 Å².